The van der Waals surface area contributed by atoms with E-state index in [0.29, 0.717) is 101 Å². The van der Waals surface area contributed by atoms with Crippen LogP contribution in [0.3, 0.4) is 0 Å². The zero-order valence-electron chi connectivity index (χ0n) is 38.5. The van der Waals surface area contributed by atoms with Gasteiger partial charge in [-0.05, 0) is 0 Å². The Hall–Kier alpha value is -5.48. The molecule has 0 unspecified atom stereocenters. The Kier molecular flexibility index (Phi) is 27.6. The Morgan fingerprint density at radius 2 is 0.623 bits per heavy atom. The molecule has 0 bridgehead atoms. The van der Waals surface area contributed by atoms with Gasteiger partial charge in [0.1, 0.15) is 24.7 Å². The maximum atomic E-state index is 12.4. The molecule has 6 amide bonds. The first kappa shape index (κ1) is 56.1. The van der Waals surface area contributed by atoms with Gasteiger partial charge in [0.25, 0.3) is 35.4 Å². The number of carbonyl (C=O) groups is 8. The molecule has 69 heavy (non-hydrogen) atoms. The van der Waals surface area contributed by atoms with Crippen molar-refractivity contribution in [2.45, 2.75) is 38.5 Å². The van der Waals surface area contributed by atoms with Crippen molar-refractivity contribution < 1.29 is 105 Å². The topological polar surface area (TPSA) is 276 Å². The Morgan fingerprint density at radius 1 is 0.362 bits per heavy atom. The molecule has 25 heteroatoms. The van der Waals surface area contributed by atoms with Crippen LogP contribution in [0.2, 0.25) is 0 Å². The Labute approximate surface area is 398 Å². The predicted octanol–water partition coefficient (Wildman–Crippen LogP) is 0.0342. The summed E-state index contributed by atoms with van der Waals surface area (Å²) in [5.41, 5.74) is 0.286. The summed E-state index contributed by atoms with van der Waals surface area (Å²) in [5.74, 6) is -3.84. The minimum atomic E-state index is -0.728. The summed E-state index contributed by atoms with van der Waals surface area (Å²) < 4.78 is 66.2. The van der Waals surface area contributed by atoms with Crippen molar-refractivity contribution in [3.8, 4) is 11.5 Å². The SMILES string of the molecule is O=C(CCOCCOCCOCCOCCOCCOc1cc(OCCOCCOCCOCCOCCOCCC(=O)ON2C(=O)CCC2=O)cc(N2C(=O)C=CC2=O)c1)ON1C(=O)CCC1=O. The van der Waals surface area contributed by atoms with Gasteiger partial charge in [-0.2, -0.15) is 0 Å². The smallest absolute Gasteiger partial charge is 0.335 e. The molecular weight excluding hydrogens is 922 g/mol. The quantitative estimate of drug-likeness (QED) is 0.0618. The first-order valence-electron chi connectivity index (χ1n) is 22.5. The highest BCUT2D eigenvalue weighted by Crippen LogP contribution is 2.30. The number of nitrogens with zero attached hydrogens (tertiary/aromatic N) is 3. The number of amides is 6. The highest BCUT2D eigenvalue weighted by Gasteiger charge is 2.34. The van der Waals surface area contributed by atoms with E-state index in [9.17, 15) is 38.4 Å². The third-order valence-electron chi connectivity index (χ3n) is 9.20. The van der Waals surface area contributed by atoms with Crippen molar-refractivity contribution >= 4 is 53.1 Å². The molecule has 0 spiro atoms. The van der Waals surface area contributed by atoms with E-state index in [2.05, 4.69) is 0 Å². The summed E-state index contributed by atoms with van der Waals surface area (Å²) in [6.45, 7) is 6.05. The molecule has 0 aromatic heterocycles. The molecule has 4 rings (SSSR count). The molecule has 25 nitrogen and oxygen atoms in total. The molecule has 0 aliphatic carbocycles. The molecular formula is C44H61N3O22. The van der Waals surface area contributed by atoms with Gasteiger partial charge in [0, 0.05) is 56.0 Å². The van der Waals surface area contributed by atoms with Crippen LogP contribution in [0.1, 0.15) is 38.5 Å². The molecule has 0 atom stereocenters. The van der Waals surface area contributed by atoms with E-state index >= 15 is 0 Å². The first-order valence-corrected chi connectivity index (χ1v) is 22.5. The van der Waals surface area contributed by atoms with Crippen molar-refractivity contribution in [1.82, 2.24) is 10.1 Å². The zero-order chi connectivity index (χ0) is 49.3. The van der Waals surface area contributed by atoms with Crippen molar-refractivity contribution in [1.29, 1.82) is 0 Å². The number of rotatable bonds is 41. The zero-order valence-corrected chi connectivity index (χ0v) is 38.5. The van der Waals surface area contributed by atoms with Crippen LogP contribution in [0, 0.1) is 0 Å². The van der Waals surface area contributed by atoms with Crippen LogP contribution in [0.25, 0.3) is 0 Å². The summed E-state index contributed by atoms with van der Waals surface area (Å²) >= 11 is 0. The maximum Gasteiger partial charge on any atom is 0.335 e. The minimum absolute atomic E-state index is 0.0334. The fourth-order valence-corrected chi connectivity index (χ4v) is 5.83. The van der Waals surface area contributed by atoms with Gasteiger partial charge < -0.3 is 66.5 Å². The first-order chi connectivity index (χ1) is 33.6. The normalized spacial score (nSPS) is 14.8. The minimum Gasteiger partial charge on any atom is -0.491 e. The maximum absolute atomic E-state index is 12.4. The average Bonchev–Trinajstić information content (AvgIpc) is 3.96. The van der Waals surface area contributed by atoms with Crippen molar-refractivity contribution in [2.75, 3.05) is 150 Å². The number of hydrogen-bond acceptors (Lipinski definition) is 22. The Bertz CT molecular complexity index is 1670. The summed E-state index contributed by atoms with van der Waals surface area (Å²) in [7, 11) is 0. The molecule has 3 aliphatic rings. The fourth-order valence-electron chi connectivity index (χ4n) is 5.83. The second-order valence-corrected chi connectivity index (χ2v) is 14.4. The number of benzene rings is 1. The van der Waals surface area contributed by atoms with Gasteiger partial charge in [-0.1, -0.05) is 0 Å². The molecule has 3 heterocycles. The molecule has 0 N–H and O–H groups in total. The van der Waals surface area contributed by atoms with Crippen molar-refractivity contribution in [2.24, 2.45) is 0 Å². The molecule has 2 saturated heterocycles. The van der Waals surface area contributed by atoms with Gasteiger partial charge in [0.15, 0.2) is 0 Å². The molecule has 2 fully saturated rings. The van der Waals surface area contributed by atoms with Crippen LogP contribution in [0.5, 0.6) is 11.5 Å². The van der Waals surface area contributed by atoms with Crippen LogP contribution in [-0.4, -0.2) is 203 Å². The lowest BCUT2D eigenvalue weighted by Gasteiger charge is -2.17. The molecule has 1 aromatic carbocycles. The molecule has 3 aliphatic heterocycles. The lowest BCUT2D eigenvalue weighted by molar-refractivity contribution is -0.198. The van der Waals surface area contributed by atoms with Gasteiger partial charge in [0.2, 0.25) is 0 Å². The number of hydrogen-bond donors (Lipinski definition) is 0. The van der Waals surface area contributed by atoms with Gasteiger partial charge in [0.05, 0.1) is 151 Å². The summed E-state index contributed by atoms with van der Waals surface area (Å²) in [6, 6.07) is 4.76. The molecule has 0 radical (unpaired) electrons. The van der Waals surface area contributed by atoms with E-state index in [-0.39, 0.29) is 110 Å². The number of imide groups is 3. The second kappa shape index (κ2) is 33.9. The van der Waals surface area contributed by atoms with E-state index in [0.717, 1.165) is 4.90 Å². The second-order valence-electron chi connectivity index (χ2n) is 14.4. The number of carbonyl (C=O) groups excluding carboxylic acids is 8. The third-order valence-corrected chi connectivity index (χ3v) is 9.20. The predicted molar refractivity (Wildman–Crippen MR) is 231 cm³/mol. The van der Waals surface area contributed by atoms with E-state index in [1.807, 2.05) is 0 Å². The van der Waals surface area contributed by atoms with Crippen LogP contribution in [0.15, 0.2) is 30.4 Å². The molecule has 1 aromatic rings. The monoisotopic (exact) mass is 983 g/mol. The van der Waals surface area contributed by atoms with Crippen molar-refractivity contribution in [3.05, 3.63) is 30.4 Å². The summed E-state index contributed by atoms with van der Waals surface area (Å²) in [4.78, 5) is 105. The van der Waals surface area contributed by atoms with Gasteiger partial charge in [-0.3, -0.25) is 28.8 Å². The molecule has 0 saturated carbocycles. The van der Waals surface area contributed by atoms with Crippen LogP contribution >= 0.6 is 0 Å². The lowest BCUT2D eigenvalue weighted by Crippen LogP contribution is -2.32. The summed E-state index contributed by atoms with van der Waals surface area (Å²) in [6.07, 6.45) is 2.29. The van der Waals surface area contributed by atoms with Gasteiger partial charge in [-0.15, -0.1) is 10.1 Å². The van der Waals surface area contributed by atoms with Gasteiger partial charge >= 0.3 is 11.9 Å². The molecule has 384 valence electrons. The van der Waals surface area contributed by atoms with Crippen LogP contribution in [0.4, 0.5) is 5.69 Å². The fraction of sp³-hybridized carbons (Fsp3) is 0.636. The highest BCUT2D eigenvalue weighted by molar-refractivity contribution is 6.28. The average molecular weight is 984 g/mol. The van der Waals surface area contributed by atoms with E-state index < -0.39 is 47.4 Å². The van der Waals surface area contributed by atoms with E-state index in [4.69, 9.17) is 66.5 Å². The Balaban J connectivity index is 0.924. The van der Waals surface area contributed by atoms with E-state index in [1.54, 1.807) is 18.2 Å². The van der Waals surface area contributed by atoms with Crippen LogP contribution < -0.4 is 14.4 Å². The summed E-state index contributed by atoms with van der Waals surface area (Å²) in [5, 5.41) is 0.999. The number of hydroxylamine groups is 4. The standard InChI is InChI=1S/C44H61N3O22/c48-37-1-2-38(49)45(37)34-31-35(66-29-27-64-25-23-62-21-19-60-17-15-58-13-11-56-9-7-43(54)68-46-39(50)3-4-40(46)51)33-36(32-34)67-30-28-65-26-24-63-22-20-61-18-16-59-14-12-57-10-8-44(55)69-47-41(52)5-6-42(47)53/h1-2,31-33H,3-30H2. The number of anilines is 1. The van der Waals surface area contributed by atoms with E-state index in [1.165, 1.54) is 12.2 Å². The lowest BCUT2D eigenvalue weighted by atomic mass is 10.2. The highest BCUT2D eigenvalue weighted by atomic mass is 16.7. The van der Waals surface area contributed by atoms with Gasteiger partial charge in [-0.25, -0.2) is 14.5 Å². The Morgan fingerprint density at radius 3 is 0.913 bits per heavy atom. The van der Waals surface area contributed by atoms with Crippen molar-refractivity contribution in [3.63, 3.8) is 0 Å². The van der Waals surface area contributed by atoms with Crippen LogP contribution in [-0.2, 0) is 95.4 Å². The third kappa shape index (κ3) is 23.1. The number of ether oxygens (including phenoxy) is 12. The largest absolute Gasteiger partial charge is 0.491 e.